The predicted octanol–water partition coefficient (Wildman–Crippen LogP) is 3.07. The van der Waals surface area contributed by atoms with Crippen LogP contribution in [0.5, 0.6) is 0 Å². The number of rotatable bonds is 9. The summed E-state index contributed by atoms with van der Waals surface area (Å²) in [4.78, 5) is 24.4. The Morgan fingerprint density at radius 3 is 2.33 bits per heavy atom. The maximum atomic E-state index is 11.6. The molecular weight excluding hydrogens is 322 g/mol. The lowest BCUT2D eigenvalue weighted by molar-refractivity contribution is -0.148. The number of thioether (sulfide) groups is 1. The molecule has 24 heavy (non-hydrogen) atoms. The number of hydrogen-bond donors (Lipinski definition) is 1. The molecule has 126 valence electrons. The number of esters is 1. The lowest BCUT2D eigenvalue weighted by Crippen LogP contribution is -2.30. The van der Waals surface area contributed by atoms with Crippen LogP contribution < -0.4 is 5.32 Å². The molecule has 0 saturated heterocycles. The van der Waals surface area contributed by atoms with Gasteiger partial charge in [-0.2, -0.15) is 0 Å². The second kappa shape index (κ2) is 10.5. The van der Waals surface area contributed by atoms with Gasteiger partial charge in [-0.1, -0.05) is 48.5 Å². The third kappa shape index (κ3) is 7.33. The highest BCUT2D eigenvalue weighted by Gasteiger charge is 2.07. The topological polar surface area (TPSA) is 55.4 Å². The van der Waals surface area contributed by atoms with Crippen LogP contribution in [0.2, 0.25) is 0 Å². The SMILES string of the molecule is O=C(COC(=O)CCc1ccccc1)NCCSc1ccccc1. The van der Waals surface area contributed by atoms with E-state index in [2.05, 4.69) is 5.32 Å². The van der Waals surface area contributed by atoms with Gasteiger partial charge >= 0.3 is 5.97 Å². The van der Waals surface area contributed by atoms with E-state index < -0.39 is 0 Å². The van der Waals surface area contributed by atoms with Crippen molar-refractivity contribution in [1.29, 1.82) is 0 Å². The van der Waals surface area contributed by atoms with Crippen molar-refractivity contribution in [3.05, 3.63) is 66.2 Å². The first kappa shape index (κ1) is 18.1. The van der Waals surface area contributed by atoms with Crippen molar-refractivity contribution in [3.8, 4) is 0 Å². The van der Waals surface area contributed by atoms with Gasteiger partial charge in [0.1, 0.15) is 0 Å². The number of aryl methyl sites for hydroxylation is 1. The van der Waals surface area contributed by atoms with Crippen LogP contribution in [0.25, 0.3) is 0 Å². The first-order valence-electron chi connectivity index (χ1n) is 7.88. The summed E-state index contributed by atoms with van der Waals surface area (Å²) in [5, 5.41) is 2.75. The molecule has 2 aromatic rings. The molecule has 2 aromatic carbocycles. The summed E-state index contributed by atoms with van der Waals surface area (Å²) >= 11 is 1.67. The van der Waals surface area contributed by atoms with E-state index in [1.807, 2.05) is 60.7 Å². The van der Waals surface area contributed by atoms with Crippen LogP contribution in [0.4, 0.5) is 0 Å². The van der Waals surface area contributed by atoms with Crippen molar-refractivity contribution < 1.29 is 14.3 Å². The third-order valence-electron chi connectivity index (χ3n) is 3.26. The van der Waals surface area contributed by atoms with Crippen LogP contribution in [0, 0.1) is 0 Å². The van der Waals surface area contributed by atoms with Crippen LogP contribution in [-0.2, 0) is 20.7 Å². The summed E-state index contributed by atoms with van der Waals surface area (Å²) in [6.45, 7) is 0.323. The van der Waals surface area contributed by atoms with Gasteiger partial charge in [-0.3, -0.25) is 9.59 Å². The molecule has 0 atom stereocenters. The predicted molar refractivity (Wildman–Crippen MR) is 95.9 cm³/mol. The normalized spacial score (nSPS) is 10.2. The van der Waals surface area contributed by atoms with Crippen molar-refractivity contribution in [2.75, 3.05) is 18.9 Å². The number of carbonyl (C=O) groups is 2. The molecule has 0 saturated carbocycles. The van der Waals surface area contributed by atoms with Gasteiger partial charge in [-0.05, 0) is 24.1 Å². The first-order valence-corrected chi connectivity index (χ1v) is 8.87. The fourth-order valence-electron chi connectivity index (χ4n) is 2.04. The summed E-state index contributed by atoms with van der Waals surface area (Å²) in [5.41, 5.74) is 1.08. The van der Waals surface area contributed by atoms with Gasteiger partial charge in [0.05, 0.1) is 0 Å². The zero-order valence-corrected chi connectivity index (χ0v) is 14.3. The quantitative estimate of drug-likeness (QED) is 0.432. The van der Waals surface area contributed by atoms with E-state index in [0.717, 1.165) is 11.3 Å². The van der Waals surface area contributed by atoms with Gasteiger partial charge in [-0.25, -0.2) is 0 Å². The molecule has 2 rings (SSSR count). The van der Waals surface area contributed by atoms with E-state index in [9.17, 15) is 9.59 Å². The summed E-state index contributed by atoms with van der Waals surface area (Å²) in [6, 6.07) is 19.7. The minimum Gasteiger partial charge on any atom is -0.456 e. The van der Waals surface area contributed by atoms with Crippen LogP contribution >= 0.6 is 11.8 Å². The lowest BCUT2D eigenvalue weighted by Gasteiger charge is -2.07. The number of nitrogens with one attached hydrogen (secondary N) is 1. The first-order chi connectivity index (χ1) is 11.7. The molecule has 0 aromatic heterocycles. The summed E-state index contributed by atoms with van der Waals surface area (Å²) in [7, 11) is 0. The van der Waals surface area contributed by atoms with Gasteiger partial charge in [0.2, 0.25) is 0 Å². The average Bonchev–Trinajstić information content (AvgIpc) is 2.63. The molecule has 0 radical (unpaired) electrons. The van der Waals surface area contributed by atoms with Crippen molar-refractivity contribution >= 4 is 23.6 Å². The molecule has 0 spiro atoms. The second-order valence-corrected chi connectivity index (χ2v) is 6.33. The summed E-state index contributed by atoms with van der Waals surface area (Å²) in [5.74, 6) is 0.155. The fourth-order valence-corrected chi connectivity index (χ4v) is 2.83. The van der Waals surface area contributed by atoms with Crippen LogP contribution in [0.3, 0.4) is 0 Å². The fraction of sp³-hybridized carbons (Fsp3) is 0.263. The largest absolute Gasteiger partial charge is 0.456 e. The lowest BCUT2D eigenvalue weighted by atomic mass is 10.1. The van der Waals surface area contributed by atoms with Gasteiger partial charge < -0.3 is 10.1 Å². The van der Waals surface area contributed by atoms with Crippen molar-refractivity contribution in [1.82, 2.24) is 5.32 Å². The van der Waals surface area contributed by atoms with E-state index in [1.54, 1.807) is 11.8 Å². The molecular formula is C19H21NO3S. The smallest absolute Gasteiger partial charge is 0.306 e. The van der Waals surface area contributed by atoms with Gasteiger partial charge in [0, 0.05) is 23.6 Å². The minimum atomic E-state index is -0.354. The molecule has 0 aliphatic rings. The molecule has 1 amide bonds. The van der Waals surface area contributed by atoms with E-state index in [0.29, 0.717) is 13.0 Å². The highest BCUT2D eigenvalue weighted by molar-refractivity contribution is 7.99. The highest BCUT2D eigenvalue weighted by atomic mass is 32.2. The minimum absolute atomic E-state index is 0.219. The Kier molecular flexibility index (Phi) is 7.90. The van der Waals surface area contributed by atoms with E-state index in [-0.39, 0.29) is 24.9 Å². The molecule has 0 fully saturated rings. The summed E-state index contributed by atoms with van der Waals surface area (Å²) < 4.78 is 4.98. The summed E-state index contributed by atoms with van der Waals surface area (Å²) in [6.07, 6.45) is 0.899. The average molecular weight is 343 g/mol. The zero-order chi connectivity index (χ0) is 17.0. The van der Waals surface area contributed by atoms with Gasteiger partial charge in [0.15, 0.2) is 6.61 Å². The second-order valence-electron chi connectivity index (χ2n) is 5.16. The Morgan fingerprint density at radius 2 is 1.62 bits per heavy atom. The number of benzene rings is 2. The molecule has 0 bridgehead atoms. The van der Waals surface area contributed by atoms with Gasteiger partial charge in [0.25, 0.3) is 5.91 Å². The monoisotopic (exact) mass is 343 g/mol. The molecule has 0 unspecified atom stereocenters. The molecule has 1 N–H and O–H groups in total. The molecule has 0 aliphatic heterocycles. The van der Waals surface area contributed by atoms with Crippen LogP contribution in [-0.4, -0.2) is 30.8 Å². The Hall–Kier alpha value is -2.27. The number of ether oxygens (including phenoxy) is 1. The number of carbonyl (C=O) groups excluding carboxylic acids is 2. The molecule has 0 aliphatic carbocycles. The Bertz CT molecular complexity index is 632. The molecule has 4 nitrogen and oxygen atoms in total. The van der Waals surface area contributed by atoms with Gasteiger partial charge in [-0.15, -0.1) is 11.8 Å². The van der Waals surface area contributed by atoms with E-state index in [4.69, 9.17) is 4.74 Å². The number of amides is 1. The maximum absolute atomic E-state index is 11.6. The van der Waals surface area contributed by atoms with Crippen LogP contribution in [0.15, 0.2) is 65.6 Å². The molecule has 5 heteroatoms. The zero-order valence-electron chi connectivity index (χ0n) is 13.4. The van der Waals surface area contributed by atoms with Crippen molar-refractivity contribution in [2.45, 2.75) is 17.7 Å². The standard InChI is InChI=1S/C19H21NO3S/c21-18(20-13-14-24-17-9-5-2-6-10-17)15-23-19(22)12-11-16-7-3-1-4-8-16/h1-10H,11-15H2,(H,20,21). The van der Waals surface area contributed by atoms with E-state index in [1.165, 1.54) is 4.90 Å². The highest BCUT2D eigenvalue weighted by Crippen LogP contribution is 2.15. The maximum Gasteiger partial charge on any atom is 0.306 e. The number of hydrogen-bond acceptors (Lipinski definition) is 4. The molecule has 0 heterocycles. The van der Waals surface area contributed by atoms with Crippen molar-refractivity contribution in [3.63, 3.8) is 0 Å². The van der Waals surface area contributed by atoms with Crippen LogP contribution in [0.1, 0.15) is 12.0 Å². The third-order valence-corrected chi connectivity index (χ3v) is 4.27. The van der Waals surface area contributed by atoms with Crippen molar-refractivity contribution in [2.24, 2.45) is 0 Å². The Morgan fingerprint density at radius 1 is 0.958 bits per heavy atom. The Labute approximate surface area is 146 Å². The van der Waals surface area contributed by atoms with E-state index >= 15 is 0 Å². The Balaban J connectivity index is 1.53.